The van der Waals surface area contributed by atoms with Crippen molar-refractivity contribution in [3.05, 3.63) is 86.0 Å². The molecule has 0 saturated carbocycles. The van der Waals surface area contributed by atoms with Gasteiger partial charge in [0.2, 0.25) is 0 Å². The fraction of sp³-hybridized carbons (Fsp3) is 0.150. The highest BCUT2D eigenvalue weighted by Gasteiger charge is 2.15. The van der Waals surface area contributed by atoms with Gasteiger partial charge in [-0.1, -0.05) is 49.6 Å². The molecule has 0 atom stereocenters. The number of rotatable bonds is 6. The second-order valence-corrected chi connectivity index (χ2v) is 5.48. The Morgan fingerprint density at radius 2 is 1.52 bits per heavy atom. The first-order valence-electron chi connectivity index (χ1n) is 7.55. The maximum absolute atomic E-state index is 3.87. The van der Waals surface area contributed by atoms with E-state index < -0.39 is 0 Å². The summed E-state index contributed by atoms with van der Waals surface area (Å²) in [5.74, 6) is 0. The van der Waals surface area contributed by atoms with Gasteiger partial charge in [0.05, 0.1) is 19.8 Å². The minimum Gasteiger partial charge on any atom is -0.293 e. The molecule has 2 rings (SSSR count). The summed E-state index contributed by atoms with van der Waals surface area (Å²) >= 11 is 0. The third-order valence-corrected chi connectivity index (χ3v) is 3.19. The van der Waals surface area contributed by atoms with Gasteiger partial charge in [-0.05, 0) is 36.4 Å². The second-order valence-electron chi connectivity index (χ2n) is 5.48. The molecule has 0 unspecified atom stereocenters. The van der Waals surface area contributed by atoms with E-state index in [9.17, 15) is 0 Å². The number of anilines is 1. The van der Waals surface area contributed by atoms with E-state index in [0.29, 0.717) is 0 Å². The van der Waals surface area contributed by atoms with Gasteiger partial charge in [0, 0.05) is 6.21 Å². The molecule has 0 heterocycles. The zero-order valence-corrected chi connectivity index (χ0v) is 14.0. The van der Waals surface area contributed by atoms with Crippen molar-refractivity contribution >= 4 is 17.6 Å². The lowest BCUT2D eigenvalue weighted by molar-refractivity contribution is 0.442. The van der Waals surface area contributed by atoms with E-state index in [-0.39, 0.29) is 0 Å². The molecule has 0 saturated heterocycles. The van der Waals surface area contributed by atoms with Crippen LogP contribution in [0, 0.1) is 0 Å². The number of quaternary nitrogens is 1. The molecule has 0 aromatic heterocycles. The van der Waals surface area contributed by atoms with Crippen LogP contribution in [-0.2, 0) is 0 Å². The van der Waals surface area contributed by atoms with Crippen LogP contribution in [0.1, 0.15) is 0 Å². The van der Waals surface area contributed by atoms with Gasteiger partial charge in [-0.15, -0.1) is 0 Å². The van der Waals surface area contributed by atoms with E-state index in [4.69, 9.17) is 0 Å². The summed E-state index contributed by atoms with van der Waals surface area (Å²) in [6.45, 7) is 8.22. The van der Waals surface area contributed by atoms with Crippen molar-refractivity contribution in [2.75, 3.05) is 26.1 Å². The van der Waals surface area contributed by atoms with Gasteiger partial charge < -0.3 is 0 Å². The fourth-order valence-corrected chi connectivity index (χ4v) is 1.94. The molecule has 0 bridgehead atoms. The number of hydrogen-bond acceptors (Lipinski definition) is 2. The molecule has 0 amide bonds. The van der Waals surface area contributed by atoms with Crippen molar-refractivity contribution in [1.82, 2.24) is 4.48 Å². The van der Waals surface area contributed by atoms with Gasteiger partial charge in [-0.2, -0.15) is 5.10 Å². The van der Waals surface area contributed by atoms with Crippen molar-refractivity contribution in [1.29, 1.82) is 0 Å². The first-order chi connectivity index (χ1) is 11.1. The van der Waals surface area contributed by atoms with Crippen molar-refractivity contribution in [3.8, 4) is 0 Å². The minimum absolute atomic E-state index is 0.865. The molecule has 0 fully saturated rings. The Bertz CT molecular complexity index is 601. The predicted molar refractivity (Wildman–Crippen MR) is 104 cm³/mol. The molecule has 2 aromatic carbocycles. The number of para-hydroxylation sites is 2. The van der Waals surface area contributed by atoms with Gasteiger partial charge in [0.25, 0.3) is 0 Å². The number of allylic oxidation sites excluding steroid dienone is 1. The van der Waals surface area contributed by atoms with Gasteiger partial charge >= 0.3 is 0 Å². The smallest absolute Gasteiger partial charge is 0.132 e. The molecule has 0 spiro atoms. The lowest BCUT2D eigenvalue weighted by atomic mass is 10.2. The third kappa shape index (κ3) is 7.25. The Labute approximate surface area is 139 Å². The average molecular weight is 308 g/mol. The summed E-state index contributed by atoms with van der Waals surface area (Å²) in [5, 5.41) is 3.87. The zero-order chi connectivity index (χ0) is 17.0. The molecule has 0 aliphatic carbocycles. The maximum atomic E-state index is 3.87. The van der Waals surface area contributed by atoms with Crippen LogP contribution in [0.15, 0.2) is 91.1 Å². The number of nitrogens with zero attached hydrogens (tertiary/aromatic N) is 2. The van der Waals surface area contributed by atoms with E-state index in [1.54, 1.807) is 12.3 Å². The van der Waals surface area contributed by atoms with Gasteiger partial charge in [-0.3, -0.25) is 9.91 Å². The summed E-state index contributed by atoms with van der Waals surface area (Å²) in [6.07, 6.45) is 5.18. The molecule has 0 aliphatic heterocycles. The van der Waals surface area contributed by atoms with Crippen molar-refractivity contribution < 1.29 is 0 Å². The van der Waals surface area contributed by atoms with E-state index in [2.05, 4.69) is 62.0 Å². The van der Waals surface area contributed by atoms with E-state index in [0.717, 1.165) is 16.7 Å². The molecule has 120 valence electrons. The monoisotopic (exact) mass is 308 g/mol. The van der Waals surface area contributed by atoms with Gasteiger partial charge in [0.15, 0.2) is 0 Å². The quantitative estimate of drug-likeness (QED) is 0.355. The molecule has 0 aliphatic rings. The molecule has 23 heavy (non-hydrogen) atoms. The number of benzene rings is 2. The summed E-state index contributed by atoms with van der Waals surface area (Å²) in [4.78, 5) is 0. The molecule has 3 heteroatoms. The van der Waals surface area contributed by atoms with Crippen LogP contribution in [0.3, 0.4) is 0 Å². The van der Waals surface area contributed by atoms with Gasteiger partial charge in [0.1, 0.15) is 12.2 Å². The summed E-state index contributed by atoms with van der Waals surface area (Å²) in [7, 11) is 4.36. The van der Waals surface area contributed by atoms with Crippen LogP contribution < -0.4 is 9.91 Å². The summed E-state index contributed by atoms with van der Waals surface area (Å²) in [5.41, 5.74) is 5.14. The SMILES string of the molecule is C=CC=NNc1ccccc1.C=CC[N+](C)(C)c1ccccc1. The highest BCUT2D eigenvalue weighted by molar-refractivity contribution is 5.71. The molecular weight excluding hydrogens is 282 g/mol. The van der Waals surface area contributed by atoms with Crippen LogP contribution in [0.5, 0.6) is 0 Å². The summed E-state index contributed by atoms with van der Waals surface area (Å²) < 4.78 is 0.865. The topological polar surface area (TPSA) is 24.4 Å². The Hall–Kier alpha value is -2.65. The largest absolute Gasteiger partial charge is 0.293 e. The normalized spacial score (nSPS) is 10.5. The standard InChI is InChI=1S/C11H16N.C9H10N2/c1-4-10-12(2,3)11-8-6-5-7-9-11;1-2-8-10-11-9-6-4-3-5-7-9/h4-9H,1,10H2,2-3H3;2-8,11H,1H2/q+1;. The zero-order valence-electron chi connectivity index (χ0n) is 14.0. The Morgan fingerprint density at radius 1 is 0.957 bits per heavy atom. The van der Waals surface area contributed by atoms with E-state index in [1.165, 1.54) is 5.69 Å². The predicted octanol–water partition coefficient (Wildman–Crippen LogP) is 4.71. The Morgan fingerprint density at radius 3 is 2.04 bits per heavy atom. The van der Waals surface area contributed by atoms with Crippen LogP contribution in [0.2, 0.25) is 0 Å². The first-order valence-corrected chi connectivity index (χ1v) is 7.55. The molecular formula is C20H26N3+. The van der Waals surface area contributed by atoms with E-state index in [1.807, 2.05) is 42.5 Å². The lowest BCUT2D eigenvalue weighted by Gasteiger charge is -2.27. The van der Waals surface area contributed by atoms with Crippen LogP contribution >= 0.6 is 0 Å². The maximum Gasteiger partial charge on any atom is 0.132 e. The Kier molecular flexibility index (Phi) is 8.11. The fourth-order valence-electron chi connectivity index (χ4n) is 1.94. The molecule has 1 N–H and O–H groups in total. The van der Waals surface area contributed by atoms with Crippen molar-refractivity contribution in [2.45, 2.75) is 0 Å². The van der Waals surface area contributed by atoms with Crippen molar-refractivity contribution in [2.24, 2.45) is 5.10 Å². The Balaban J connectivity index is 0.000000231. The number of nitrogens with one attached hydrogen (secondary N) is 1. The average Bonchev–Trinajstić information content (AvgIpc) is 2.57. The molecule has 3 nitrogen and oxygen atoms in total. The minimum atomic E-state index is 0.865. The summed E-state index contributed by atoms with van der Waals surface area (Å²) in [6, 6.07) is 20.2. The lowest BCUT2D eigenvalue weighted by Crippen LogP contribution is -2.40. The number of hydrogen-bond donors (Lipinski definition) is 1. The van der Waals surface area contributed by atoms with Crippen LogP contribution in [0.25, 0.3) is 0 Å². The third-order valence-electron chi connectivity index (χ3n) is 3.19. The van der Waals surface area contributed by atoms with Gasteiger partial charge in [-0.25, -0.2) is 0 Å². The van der Waals surface area contributed by atoms with Crippen LogP contribution in [0.4, 0.5) is 11.4 Å². The second kappa shape index (κ2) is 10.1. The van der Waals surface area contributed by atoms with Crippen LogP contribution in [-0.4, -0.2) is 26.9 Å². The molecule has 0 radical (unpaired) electrons. The first kappa shape index (κ1) is 18.4. The number of hydrazone groups is 1. The van der Waals surface area contributed by atoms with E-state index >= 15 is 0 Å². The highest BCUT2D eigenvalue weighted by atomic mass is 15.3. The molecule has 2 aromatic rings. The van der Waals surface area contributed by atoms with Crippen molar-refractivity contribution in [3.63, 3.8) is 0 Å². The number of likely N-dealkylation sites (N-methyl/N-ethyl adjacent to an activating group) is 1. The highest BCUT2D eigenvalue weighted by Crippen LogP contribution is 2.17.